The molecule has 3 N–H and O–H groups in total. The number of rotatable bonds is 7. The third-order valence-corrected chi connectivity index (χ3v) is 10.9. The lowest BCUT2D eigenvalue weighted by molar-refractivity contribution is -0.129. The molecule has 4 aliphatic carbocycles. The minimum Gasteiger partial charge on any atom is -0.393 e. The number of allylic oxidation sites excluding steroid dienone is 1. The number of fused-ring (bicyclic) bond motifs is 5. The van der Waals surface area contributed by atoms with E-state index in [9.17, 15) is 15.0 Å². The van der Waals surface area contributed by atoms with Crippen molar-refractivity contribution in [2.75, 3.05) is 6.54 Å². The Balaban J connectivity index is 1.20. The number of hydrogen-bond donors (Lipinski definition) is 3. The molecule has 3 saturated carbocycles. The number of carbonyl (C=O) groups is 1. The first-order valence-electron chi connectivity index (χ1n) is 14.1. The monoisotopic (exact) mass is 479 g/mol. The maximum atomic E-state index is 13.5. The average molecular weight is 480 g/mol. The van der Waals surface area contributed by atoms with Crippen LogP contribution >= 0.6 is 0 Å². The third-order valence-electron chi connectivity index (χ3n) is 10.9. The Bertz CT molecular complexity index is 944. The van der Waals surface area contributed by atoms with E-state index in [4.69, 9.17) is 0 Å². The lowest BCUT2D eigenvalue weighted by Crippen LogP contribution is -2.51. The fourth-order valence-corrected chi connectivity index (χ4v) is 8.82. The van der Waals surface area contributed by atoms with Crippen molar-refractivity contribution in [3.63, 3.8) is 0 Å². The minimum absolute atomic E-state index is 0.0921. The van der Waals surface area contributed by atoms with Crippen LogP contribution in [0.4, 0.5) is 0 Å². The number of carbonyl (C=O) groups excluding carboxylic acids is 1. The largest absolute Gasteiger partial charge is 0.393 e. The first-order valence-corrected chi connectivity index (χ1v) is 14.1. The van der Waals surface area contributed by atoms with Gasteiger partial charge in [-0.1, -0.05) is 55.8 Å². The van der Waals surface area contributed by atoms with Gasteiger partial charge in [0.15, 0.2) is 0 Å². The van der Waals surface area contributed by atoms with Crippen molar-refractivity contribution in [1.29, 1.82) is 0 Å². The van der Waals surface area contributed by atoms with Gasteiger partial charge < -0.3 is 15.5 Å². The van der Waals surface area contributed by atoms with E-state index in [2.05, 4.69) is 25.2 Å². The molecule has 9 atom stereocenters. The number of nitrogens with one attached hydrogen (secondary N) is 1. The van der Waals surface area contributed by atoms with Gasteiger partial charge in [0.2, 0.25) is 0 Å². The smallest absolute Gasteiger partial charge is 0.137 e. The number of aliphatic hydroxyl groups excluding tert-OH is 2. The van der Waals surface area contributed by atoms with Crippen LogP contribution in [0.15, 0.2) is 42.0 Å². The minimum atomic E-state index is -0.568. The molecule has 0 aliphatic heterocycles. The average Bonchev–Trinajstić information content (AvgIpc) is 3.21. The van der Waals surface area contributed by atoms with Gasteiger partial charge in [0.1, 0.15) is 5.78 Å². The van der Waals surface area contributed by atoms with Gasteiger partial charge in [0.05, 0.1) is 12.2 Å². The zero-order chi connectivity index (χ0) is 24.8. The quantitative estimate of drug-likeness (QED) is 0.446. The molecular formula is C31H45NO3. The molecule has 0 heterocycles. The lowest BCUT2D eigenvalue weighted by atomic mass is 9.47. The van der Waals surface area contributed by atoms with Crippen LogP contribution in [-0.2, 0) is 4.79 Å². The van der Waals surface area contributed by atoms with Crippen molar-refractivity contribution in [3.8, 4) is 0 Å². The summed E-state index contributed by atoms with van der Waals surface area (Å²) in [5, 5.41) is 24.3. The summed E-state index contributed by atoms with van der Waals surface area (Å²) in [5.74, 6) is 2.64. The second kappa shape index (κ2) is 9.76. The fraction of sp³-hybridized carbons (Fsp3) is 0.710. The Labute approximate surface area is 211 Å². The molecule has 35 heavy (non-hydrogen) atoms. The Kier molecular flexibility index (Phi) is 7.02. The molecule has 0 aromatic heterocycles. The molecular weight excluding hydrogens is 434 g/mol. The summed E-state index contributed by atoms with van der Waals surface area (Å²) in [6, 6.07) is 9.65. The third kappa shape index (κ3) is 4.45. The highest BCUT2D eigenvalue weighted by atomic mass is 16.3. The van der Waals surface area contributed by atoms with Gasteiger partial charge in [-0.25, -0.2) is 0 Å². The number of aliphatic hydroxyl groups is 2. The molecule has 4 nitrogen and oxygen atoms in total. The molecule has 192 valence electrons. The van der Waals surface area contributed by atoms with Crippen molar-refractivity contribution in [3.05, 3.63) is 47.5 Å². The predicted molar refractivity (Wildman–Crippen MR) is 140 cm³/mol. The summed E-state index contributed by atoms with van der Waals surface area (Å²) < 4.78 is 0. The van der Waals surface area contributed by atoms with E-state index in [1.807, 2.05) is 37.3 Å². The highest BCUT2D eigenvalue weighted by Crippen LogP contribution is 2.66. The number of hydrogen-bond acceptors (Lipinski definition) is 4. The van der Waals surface area contributed by atoms with Crippen LogP contribution in [0.1, 0.15) is 90.2 Å². The van der Waals surface area contributed by atoms with Gasteiger partial charge in [-0.15, -0.1) is 0 Å². The summed E-state index contributed by atoms with van der Waals surface area (Å²) in [5.41, 5.74) is 2.81. The molecule has 0 spiro atoms. The zero-order valence-corrected chi connectivity index (χ0v) is 21.9. The van der Waals surface area contributed by atoms with Crippen LogP contribution in [0.5, 0.6) is 0 Å². The molecule has 3 fully saturated rings. The molecule has 4 heteroatoms. The lowest BCUT2D eigenvalue weighted by Gasteiger charge is -2.58. The van der Waals surface area contributed by atoms with Crippen molar-refractivity contribution < 1.29 is 15.0 Å². The molecule has 0 saturated heterocycles. The summed E-state index contributed by atoms with van der Waals surface area (Å²) in [4.78, 5) is 13.5. The number of benzene rings is 1. The second-order valence-corrected chi connectivity index (χ2v) is 12.6. The van der Waals surface area contributed by atoms with Gasteiger partial charge in [0, 0.05) is 24.9 Å². The maximum absolute atomic E-state index is 13.5. The summed E-state index contributed by atoms with van der Waals surface area (Å²) in [6.45, 7) is 7.51. The molecule has 0 amide bonds. The highest BCUT2D eigenvalue weighted by molar-refractivity contribution is 5.82. The predicted octanol–water partition coefficient (Wildman–Crippen LogP) is 5.60. The Morgan fingerprint density at radius 2 is 1.86 bits per heavy atom. The van der Waals surface area contributed by atoms with Crippen molar-refractivity contribution >= 4 is 5.78 Å². The van der Waals surface area contributed by atoms with E-state index in [1.54, 1.807) is 0 Å². The number of ketones is 1. The first kappa shape index (κ1) is 25.2. The summed E-state index contributed by atoms with van der Waals surface area (Å²) in [6.07, 6.45) is 11.0. The Hall–Kier alpha value is -1.49. The molecule has 1 aromatic carbocycles. The van der Waals surface area contributed by atoms with E-state index >= 15 is 0 Å². The van der Waals surface area contributed by atoms with Gasteiger partial charge >= 0.3 is 0 Å². The molecule has 0 bridgehead atoms. The van der Waals surface area contributed by atoms with Crippen LogP contribution in [0.3, 0.4) is 0 Å². The van der Waals surface area contributed by atoms with Crippen LogP contribution in [0.2, 0.25) is 0 Å². The van der Waals surface area contributed by atoms with Crippen LogP contribution < -0.4 is 5.32 Å². The van der Waals surface area contributed by atoms with Gasteiger partial charge in [-0.2, -0.15) is 0 Å². The molecule has 1 aromatic rings. The van der Waals surface area contributed by atoms with Crippen LogP contribution in [0, 0.1) is 34.5 Å². The topological polar surface area (TPSA) is 69.6 Å². The van der Waals surface area contributed by atoms with Crippen molar-refractivity contribution in [2.24, 2.45) is 34.5 Å². The van der Waals surface area contributed by atoms with E-state index in [0.717, 1.165) is 44.1 Å². The number of Topliss-reactive ketones (excluding diaryl/α,β-unsaturated/α-hetero) is 1. The molecule has 0 radical (unpaired) electrons. The highest BCUT2D eigenvalue weighted by Gasteiger charge is 2.59. The van der Waals surface area contributed by atoms with E-state index in [-0.39, 0.29) is 28.9 Å². The Morgan fingerprint density at radius 1 is 1.09 bits per heavy atom. The van der Waals surface area contributed by atoms with Crippen molar-refractivity contribution in [1.82, 2.24) is 5.32 Å². The molecule has 5 rings (SSSR count). The maximum Gasteiger partial charge on any atom is 0.137 e. The standard InChI is InChI=1S/C31H45NO3/c1-20(29(35)21-7-5-4-6-8-21)32-18-15-28(34)27-12-11-25-24-10-9-22-19-23(33)13-16-30(22,2)26(24)14-17-31(25,27)3/h4-9,20,23-27,29,32-33,35H,10-19H2,1-3H3. The van der Waals surface area contributed by atoms with Crippen LogP contribution in [0.25, 0.3) is 0 Å². The SMILES string of the molecule is CC(NCCC(=O)C1CCC2C3CC=C4CC(O)CCC4(C)C3CCC12C)C(O)c1ccccc1. The van der Waals surface area contributed by atoms with E-state index < -0.39 is 6.10 Å². The van der Waals surface area contributed by atoms with Gasteiger partial charge in [0.25, 0.3) is 0 Å². The van der Waals surface area contributed by atoms with E-state index in [0.29, 0.717) is 36.5 Å². The molecule has 4 aliphatic rings. The van der Waals surface area contributed by atoms with Gasteiger partial charge in [-0.05, 0) is 92.4 Å². The van der Waals surface area contributed by atoms with Crippen LogP contribution in [-0.4, -0.2) is 34.7 Å². The first-order chi connectivity index (χ1) is 16.7. The normalized spacial score (nSPS) is 40.1. The van der Waals surface area contributed by atoms with Crippen molar-refractivity contribution in [2.45, 2.75) is 96.8 Å². The second-order valence-electron chi connectivity index (χ2n) is 12.6. The zero-order valence-electron chi connectivity index (χ0n) is 21.9. The van der Waals surface area contributed by atoms with Gasteiger partial charge in [-0.3, -0.25) is 4.79 Å². The molecule has 9 unspecified atom stereocenters. The summed E-state index contributed by atoms with van der Waals surface area (Å²) in [7, 11) is 0. The van der Waals surface area contributed by atoms with E-state index in [1.165, 1.54) is 18.4 Å². The fourth-order valence-electron chi connectivity index (χ4n) is 8.82. The summed E-state index contributed by atoms with van der Waals surface area (Å²) >= 11 is 0. The Morgan fingerprint density at radius 3 is 2.63 bits per heavy atom.